The maximum atomic E-state index is 11.7. The Hall–Kier alpha value is -1.75. The molecule has 0 fully saturated rings. The standard InChI is InChI=1S/C14H23N3O2/c1-4-11(18)9-10-15-14(19)16-12-7-5-6-8-13(12)17(2)3/h5-8,11,18H,4,9-10H2,1-3H3,(H2,15,16,19). The average Bonchev–Trinajstić information content (AvgIpc) is 2.38. The Morgan fingerprint density at radius 3 is 2.68 bits per heavy atom. The van der Waals surface area contributed by atoms with Crippen molar-refractivity contribution in [2.75, 3.05) is 30.9 Å². The van der Waals surface area contributed by atoms with Crippen LogP contribution in [0.15, 0.2) is 24.3 Å². The third-order valence-electron chi connectivity index (χ3n) is 2.87. The highest BCUT2D eigenvalue weighted by atomic mass is 16.3. The van der Waals surface area contributed by atoms with Gasteiger partial charge < -0.3 is 20.6 Å². The largest absolute Gasteiger partial charge is 0.393 e. The van der Waals surface area contributed by atoms with Crippen molar-refractivity contribution < 1.29 is 9.90 Å². The van der Waals surface area contributed by atoms with Gasteiger partial charge in [-0.1, -0.05) is 19.1 Å². The molecule has 1 unspecified atom stereocenters. The lowest BCUT2D eigenvalue weighted by molar-refractivity contribution is 0.160. The average molecular weight is 265 g/mol. The van der Waals surface area contributed by atoms with Gasteiger partial charge in [0.2, 0.25) is 0 Å². The van der Waals surface area contributed by atoms with Crippen LogP contribution in [0.25, 0.3) is 0 Å². The zero-order valence-corrected chi connectivity index (χ0v) is 11.8. The minimum absolute atomic E-state index is 0.252. The number of carbonyl (C=O) groups is 1. The van der Waals surface area contributed by atoms with Crippen LogP contribution in [0.3, 0.4) is 0 Å². The quantitative estimate of drug-likeness (QED) is 0.737. The summed E-state index contributed by atoms with van der Waals surface area (Å²) in [4.78, 5) is 13.7. The van der Waals surface area contributed by atoms with E-state index in [0.29, 0.717) is 19.4 Å². The molecule has 0 heterocycles. The van der Waals surface area contributed by atoms with Crippen LogP contribution in [0.2, 0.25) is 0 Å². The molecular formula is C14H23N3O2. The lowest BCUT2D eigenvalue weighted by Crippen LogP contribution is -2.31. The molecule has 19 heavy (non-hydrogen) atoms. The highest BCUT2D eigenvalue weighted by Gasteiger charge is 2.07. The van der Waals surface area contributed by atoms with E-state index in [4.69, 9.17) is 0 Å². The number of nitrogens with one attached hydrogen (secondary N) is 2. The summed E-state index contributed by atoms with van der Waals surface area (Å²) < 4.78 is 0. The van der Waals surface area contributed by atoms with E-state index in [1.807, 2.05) is 50.2 Å². The van der Waals surface area contributed by atoms with Gasteiger partial charge >= 0.3 is 6.03 Å². The number of hydrogen-bond donors (Lipinski definition) is 3. The summed E-state index contributed by atoms with van der Waals surface area (Å²) in [6.07, 6.45) is 0.917. The Bertz CT molecular complexity index is 407. The molecule has 1 rings (SSSR count). The van der Waals surface area contributed by atoms with E-state index in [-0.39, 0.29) is 12.1 Å². The second-order valence-electron chi connectivity index (χ2n) is 4.64. The van der Waals surface area contributed by atoms with Crippen molar-refractivity contribution in [3.8, 4) is 0 Å². The predicted molar refractivity (Wildman–Crippen MR) is 78.7 cm³/mol. The van der Waals surface area contributed by atoms with Crippen molar-refractivity contribution in [1.82, 2.24) is 5.32 Å². The molecule has 0 saturated heterocycles. The Morgan fingerprint density at radius 1 is 1.37 bits per heavy atom. The molecule has 0 aliphatic carbocycles. The Morgan fingerprint density at radius 2 is 2.05 bits per heavy atom. The zero-order chi connectivity index (χ0) is 14.3. The van der Waals surface area contributed by atoms with Crippen molar-refractivity contribution in [3.63, 3.8) is 0 Å². The third kappa shape index (κ3) is 5.18. The van der Waals surface area contributed by atoms with Gasteiger partial charge in [-0.15, -0.1) is 0 Å². The number of benzene rings is 1. The van der Waals surface area contributed by atoms with Crippen LogP contribution < -0.4 is 15.5 Å². The zero-order valence-electron chi connectivity index (χ0n) is 11.8. The highest BCUT2D eigenvalue weighted by Crippen LogP contribution is 2.23. The van der Waals surface area contributed by atoms with Gasteiger partial charge in [0.25, 0.3) is 0 Å². The molecule has 1 aromatic carbocycles. The van der Waals surface area contributed by atoms with Gasteiger partial charge in [-0.05, 0) is 25.0 Å². The topological polar surface area (TPSA) is 64.6 Å². The number of urea groups is 1. The van der Waals surface area contributed by atoms with Gasteiger partial charge in [-0.2, -0.15) is 0 Å². The van der Waals surface area contributed by atoms with E-state index in [1.165, 1.54) is 0 Å². The normalized spacial score (nSPS) is 11.8. The van der Waals surface area contributed by atoms with E-state index in [2.05, 4.69) is 10.6 Å². The van der Waals surface area contributed by atoms with Crippen LogP contribution in [0.5, 0.6) is 0 Å². The first kappa shape index (κ1) is 15.3. The first-order chi connectivity index (χ1) is 9.04. The molecule has 0 aliphatic rings. The third-order valence-corrected chi connectivity index (χ3v) is 2.87. The number of rotatable bonds is 6. The summed E-state index contributed by atoms with van der Waals surface area (Å²) in [5.74, 6) is 0. The van der Waals surface area contributed by atoms with Gasteiger partial charge in [0, 0.05) is 20.6 Å². The number of anilines is 2. The van der Waals surface area contributed by atoms with E-state index >= 15 is 0 Å². The molecule has 5 heteroatoms. The fourth-order valence-corrected chi connectivity index (χ4v) is 1.69. The van der Waals surface area contributed by atoms with Crippen molar-refractivity contribution in [2.45, 2.75) is 25.9 Å². The number of aliphatic hydroxyl groups is 1. The highest BCUT2D eigenvalue weighted by molar-refractivity contribution is 5.93. The molecule has 106 valence electrons. The maximum Gasteiger partial charge on any atom is 0.319 e. The van der Waals surface area contributed by atoms with Gasteiger partial charge in [0.1, 0.15) is 0 Å². The van der Waals surface area contributed by atoms with Crippen LogP contribution in [0, 0.1) is 0 Å². The monoisotopic (exact) mass is 265 g/mol. The number of nitrogens with zero attached hydrogens (tertiary/aromatic N) is 1. The Balaban J connectivity index is 2.48. The summed E-state index contributed by atoms with van der Waals surface area (Å²) in [5, 5.41) is 14.9. The molecule has 0 saturated carbocycles. The molecule has 1 atom stereocenters. The number of amides is 2. The molecule has 5 nitrogen and oxygen atoms in total. The van der Waals surface area contributed by atoms with E-state index < -0.39 is 0 Å². The molecular weight excluding hydrogens is 242 g/mol. The minimum atomic E-state index is -0.352. The SMILES string of the molecule is CCC(O)CCNC(=O)Nc1ccccc1N(C)C. The van der Waals surface area contributed by atoms with Gasteiger partial charge in [0.15, 0.2) is 0 Å². The van der Waals surface area contributed by atoms with Crippen LogP contribution in [0.1, 0.15) is 19.8 Å². The second kappa shape index (κ2) is 7.63. The van der Waals surface area contributed by atoms with Crippen LogP contribution in [-0.2, 0) is 0 Å². The number of hydrogen-bond acceptors (Lipinski definition) is 3. The second-order valence-corrected chi connectivity index (χ2v) is 4.64. The molecule has 0 bridgehead atoms. The summed E-state index contributed by atoms with van der Waals surface area (Å²) in [5.41, 5.74) is 1.72. The van der Waals surface area contributed by atoms with Crippen molar-refractivity contribution in [2.24, 2.45) is 0 Å². The smallest absolute Gasteiger partial charge is 0.319 e. The predicted octanol–water partition coefficient (Wildman–Crippen LogP) is 2.04. The maximum absolute atomic E-state index is 11.7. The molecule has 3 N–H and O–H groups in total. The van der Waals surface area contributed by atoms with Crippen molar-refractivity contribution >= 4 is 17.4 Å². The van der Waals surface area contributed by atoms with Crippen molar-refractivity contribution in [1.29, 1.82) is 0 Å². The van der Waals surface area contributed by atoms with E-state index in [9.17, 15) is 9.90 Å². The fraction of sp³-hybridized carbons (Fsp3) is 0.500. The lowest BCUT2D eigenvalue weighted by atomic mass is 10.2. The lowest BCUT2D eigenvalue weighted by Gasteiger charge is -2.18. The minimum Gasteiger partial charge on any atom is -0.393 e. The first-order valence-electron chi connectivity index (χ1n) is 6.53. The Labute approximate surface area is 114 Å². The molecule has 0 spiro atoms. The van der Waals surface area contributed by atoms with Crippen molar-refractivity contribution in [3.05, 3.63) is 24.3 Å². The first-order valence-corrected chi connectivity index (χ1v) is 6.53. The molecule has 0 aliphatic heterocycles. The summed E-state index contributed by atoms with van der Waals surface area (Å²) in [7, 11) is 3.85. The number of para-hydroxylation sites is 2. The van der Waals surface area contributed by atoms with E-state index in [1.54, 1.807) is 0 Å². The van der Waals surface area contributed by atoms with Crippen LogP contribution in [-0.4, -0.2) is 37.9 Å². The van der Waals surface area contributed by atoms with Crippen LogP contribution in [0.4, 0.5) is 16.2 Å². The summed E-state index contributed by atoms with van der Waals surface area (Å²) >= 11 is 0. The summed E-state index contributed by atoms with van der Waals surface area (Å²) in [6.45, 7) is 2.38. The molecule has 0 aromatic heterocycles. The molecule has 2 amide bonds. The molecule has 1 aromatic rings. The fourth-order valence-electron chi connectivity index (χ4n) is 1.69. The van der Waals surface area contributed by atoms with Gasteiger partial charge in [0.05, 0.1) is 17.5 Å². The summed E-state index contributed by atoms with van der Waals surface area (Å²) in [6, 6.07) is 7.35. The van der Waals surface area contributed by atoms with Crippen LogP contribution >= 0.6 is 0 Å². The van der Waals surface area contributed by atoms with Gasteiger partial charge in [-0.25, -0.2) is 4.79 Å². The van der Waals surface area contributed by atoms with E-state index in [0.717, 1.165) is 11.4 Å². The van der Waals surface area contributed by atoms with Gasteiger partial charge in [-0.3, -0.25) is 0 Å². The Kier molecular flexibility index (Phi) is 6.15. The number of aliphatic hydroxyl groups excluding tert-OH is 1. The molecule has 0 radical (unpaired) electrons. The number of carbonyl (C=O) groups excluding carboxylic acids is 1.